The number of rotatable bonds is 4. The number of carbonyl (C=O) groups is 1. The number of halogens is 4. The lowest BCUT2D eigenvalue weighted by molar-refractivity contribution is -0.275. The highest BCUT2D eigenvalue weighted by atomic mass is 19.4. The molecule has 0 fully saturated rings. The number of hydrogen-bond donors (Lipinski definition) is 0. The zero-order valence-corrected chi connectivity index (χ0v) is 9.88. The lowest BCUT2D eigenvalue weighted by Crippen LogP contribution is -2.19. The van der Waals surface area contributed by atoms with Crippen LogP contribution in [-0.4, -0.2) is 31.5 Å². The van der Waals surface area contributed by atoms with Gasteiger partial charge in [0.2, 0.25) is 0 Å². The molecule has 0 radical (unpaired) electrons. The van der Waals surface area contributed by atoms with E-state index >= 15 is 0 Å². The van der Waals surface area contributed by atoms with E-state index in [4.69, 9.17) is 0 Å². The van der Waals surface area contributed by atoms with Crippen molar-refractivity contribution < 1.29 is 36.6 Å². The van der Waals surface area contributed by atoms with Gasteiger partial charge in [-0.15, -0.1) is 13.2 Å². The van der Waals surface area contributed by atoms with Crippen LogP contribution in [0.15, 0.2) is 6.20 Å². The number of pyridine rings is 1. The van der Waals surface area contributed by atoms with Gasteiger partial charge in [-0.05, 0) is 0 Å². The Hall–Kier alpha value is -2.06. The number of ether oxygens (including phenoxy) is 3. The molecule has 0 saturated carbocycles. The summed E-state index contributed by atoms with van der Waals surface area (Å²) in [4.78, 5) is 14.7. The van der Waals surface area contributed by atoms with Gasteiger partial charge in [0, 0.05) is 0 Å². The van der Waals surface area contributed by atoms with Crippen LogP contribution in [0.2, 0.25) is 0 Å². The van der Waals surface area contributed by atoms with Crippen LogP contribution in [-0.2, 0) is 11.4 Å². The molecule has 0 amide bonds. The summed E-state index contributed by atoms with van der Waals surface area (Å²) in [5.74, 6) is -2.39. The Morgan fingerprint density at radius 3 is 2.42 bits per heavy atom. The molecular formula is C10H9F4NO4. The first-order valence-electron chi connectivity index (χ1n) is 4.80. The summed E-state index contributed by atoms with van der Waals surface area (Å²) < 4.78 is 61.9. The third-order valence-electron chi connectivity index (χ3n) is 2.04. The number of methoxy groups -OCH3 is 2. The minimum atomic E-state index is -4.99. The fourth-order valence-corrected chi connectivity index (χ4v) is 1.33. The van der Waals surface area contributed by atoms with Gasteiger partial charge in [0.15, 0.2) is 17.2 Å². The lowest BCUT2D eigenvalue weighted by Gasteiger charge is -2.15. The molecule has 5 nitrogen and oxygen atoms in total. The zero-order chi connectivity index (χ0) is 14.6. The Kier molecular flexibility index (Phi) is 4.52. The first-order valence-corrected chi connectivity index (χ1v) is 4.80. The van der Waals surface area contributed by atoms with E-state index in [0.717, 1.165) is 14.2 Å². The number of aromatic nitrogens is 1. The van der Waals surface area contributed by atoms with Crippen LogP contribution < -0.4 is 9.47 Å². The van der Waals surface area contributed by atoms with E-state index in [1.54, 1.807) is 0 Å². The van der Waals surface area contributed by atoms with Crippen molar-refractivity contribution in [3.63, 3.8) is 0 Å². The third kappa shape index (κ3) is 3.46. The van der Waals surface area contributed by atoms with Crippen LogP contribution in [0.4, 0.5) is 17.6 Å². The van der Waals surface area contributed by atoms with Crippen molar-refractivity contribution in [2.75, 3.05) is 14.2 Å². The highest BCUT2D eigenvalue weighted by molar-refractivity contribution is 5.89. The molecule has 0 bridgehead atoms. The van der Waals surface area contributed by atoms with Gasteiger partial charge in [0.05, 0.1) is 26.0 Å². The van der Waals surface area contributed by atoms with Gasteiger partial charge in [-0.3, -0.25) is 0 Å². The van der Waals surface area contributed by atoms with Crippen molar-refractivity contribution >= 4 is 5.97 Å². The van der Waals surface area contributed by atoms with Crippen molar-refractivity contribution in [1.82, 2.24) is 4.98 Å². The molecule has 0 spiro atoms. The molecule has 0 saturated heterocycles. The number of carbonyl (C=O) groups excluding carboxylic acids is 1. The van der Waals surface area contributed by atoms with E-state index in [1.807, 2.05) is 0 Å². The molecule has 0 aliphatic carbocycles. The summed E-state index contributed by atoms with van der Waals surface area (Å²) in [6, 6.07) is 0. The molecule has 1 aromatic heterocycles. The van der Waals surface area contributed by atoms with Crippen molar-refractivity contribution in [1.29, 1.82) is 0 Å². The summed E-state index contributed by atoms with van der Waals surface area (Å²) in [6.45, 7) is -1.27. The Bertz CT molecular complexity index is 475. The summed E-state index contributed by atoms with van der Waals surface area (Å²) in [7, 11) is 2.04. The van der Waals surface area contributed by atoms with Gasteiger partial charge in [-0.1, -0.05) is 0 Å². The first-order chi connectivity index (χ1) is 8.84. The molecule has 1 rings (SSSR count). The summed E-state index contributed by atoms with van der Waals surface area (Å²) in [6.07, 6.45) is -4.38. The molecule has 0 atom stereocenters. The Morgan fingerprint density at radius 1 is 1.37 bits per heavy atom. The summed E-state index contributed by atoms with van der Waals surface area (Å²) in [5.41, 5.74) is -0.951. The largest absolute Gasteiger partial charge is 0.573 e. The maximum atomic E-state index is 12.9. The monoisotopic (exact) mass is 283 g/mol. The predicted octanol–water partition coefficient (Wildman–Crippen LogP) is 2.24. The molecule has 0 N–H and O–H groups in total. The van der Waals surface area contributed by atoms with E-state index in [-0.39, 0.29) is 0 Å². The molecule has 9 heteroatoms. The Balaban J connectivity index is 3.34. The average molecular weight is 283 g/mol. The fraction of sp³-hybridized carbons (Fsp3) is 0.400. The Labute approximate surface area is 105 Å². The maximum absolute atomic E-state index is 12.9. The smallest absolute Gasteiger partial charge is 0.492 e. The number of nitrogens with zero attached hydrogens (tertiary/aromatic N) is 1. The zero-order valence-electron chi connectivity index (χ0n) is 9.88. The third-order valence-corrected chi connectivity index (χ3v) is 2.04. The molecule has 0 unspecified atom stereocenters. The summed E-state index contributed by atoms with van der Waals surface area (Å²) >= 11 is 0. The molecule has 0 aromatic carbocycles. The second kappa shape index (κ2) is 5.72. The fourth-order valence-electron chi connectivity index (χ4n) is 1.33. The van der Waals surface area contributed by atoms with Gasteiger partial charge in [0.1, 0.15) is 6.67 Å². The van der Waals surface area contributed by atoms with Gasteiger partial charge in [-0.2, -0.15) is 0 Å². The number of hydrogen-bond acceptors (Lipinski definition) is 5. The van der Waals surface area contributed by atoms with Crippen LogP contribution in [0.25, 0.3) is 0 Å². The molecule has 19 heavy (non-hydrogen) atoms. The van der Waals surface area contributed by atoms with E-state index in [1.165, 1.54) is 0 Å². The number of esters is 1. The molecule has 0 aliphatic rings. The van der Waals surface area contributed by atoms with Crippen LogP contribution in [0.3, 0.4) is 0 Å². The second-order valence-electron chi connectivity index (χ2n) is 3.16. The van der Waals surface area contributed by atoms with Crippen molar-refractivity contribution in [2.24, 2.45) is 0 Å². The normalized spacial score (nSPS) is 11.1. The van der Waals surface area contributed by atoms with E-state index < -0.39 is 41.8 Å². The van der Waals surface area contributed by atoms with Crippen LogP contribution >= 0.6 is 0 Å². The van der Waals surface area contributed by atoms with E-state index in [2.05, 4.69) is 19.2 Å². The predicted molar refractivity (Wildman–Crippen MR) is 53.6 cm³/mol. The highest BCUT2D eigenvalue weighted by Crippen LogP contribution is 2.36. The molecule has 0 aliphatic heterocycles. The molecule has 1 heterocycles. The quantitative estimate of drug-likeness (QED) is 0.626. The average Bonchev–Trinajstić information content (AvgIpc) is 2.35. The minimum Gasteiger partial charge on any atom is -0.492 e. The molecule has 106 valence electrons. The van der Waals surface area contributed by atoms with E-state index in [9.17, 15) is 22.4 Å². The van der Waals surface area contributed by atoms with Gasteiger partial charge < -0.3 is 14.2 Å². The first kappa shape index (κ1) is 15.0. The van der Waals surface area contributed by atoms with Gasteiger partial charge in [-0.25, -0.2) is 14.2 Å². The minimum absolute atomic E-state index is 0.476. The van der Waals surface area contributed by atoms with Crippen molar-refractivity contribution in [2.45, 2.75) is 13.0 Å². The lowest BCUT2D eigenvalue weighted by atomic mass is 10.2. The van der Waals surface area contributed by atoms with Crippen molar-refractivity contribution in [3.05, 3.63) is 17.5 Å². The topological polar surface area (TPSA) is 57.7 Å². The SMILES string of the molecule is COC(=O)c1ncc(OC(F)(F)F)c(OC)c1CF. The molecular weight excluding hydrogens is 274 g/mol. The molecule has 1 aromatic rings. The van der Waals surface area contributed by atoms with Crippen LogP contribution in [0.1, 0.15) is 16.1 Å². The van der Waals surface area contributed by atoms with Crippen LogP contribution in [0, 0.1) is 0 Å². The second-order valence-corrected chi connectivity index (χ2v) is 3.16. The van der Waals surface area contributed by atoms with Gasteiger partial charge in [0.25, 0.3) is 0 Å². The van der Waals surface area contributed by atoms with Crippen LogP contribution in [0.5, 0.6) is 11.5 Å². The van der Waals surface area contributed by atoms with Gasteiger partial charge >= 0.3 is 12.3 Å². The van der Waals surface area contributed by atoms with Crippen molar-refractivity contribution in [3.8, 4) is 11.5 Å². The maximum Gasteiger partial charge on any atom is 0.573 e. The summed E-state index contributed by atoms with van der Waals surface area (Å²) in [5, 5.41) is 0. The standard InChI is InChI=1S/C10H9F4NO4/c1-17-8-5(3-11)7(9(16)18-2)15-4-6(8)19-10(12,13)14/h4H,3H2,1-2H3. The van der Waals surface area contributed by atoms with E-state index in [0.29, 0.717) is 6.20 Å². The number of alkyl halides is 4. The highest BCUT2D eigenvalue weighted by Gasteiger charge is 2.34. The Morgan fingerprint density at radius 2 is 2.00 bits per heavy atom.